The third kappa shape index (κ3) is 4.38. The molecule has 0 fully saturated rings. The summed E-state index contributed by atoms with van der Waals surface area (Å²) in [5.41, 5.74) is 2.13. The molecule has 5 nitrogen and oxygen atoms in total. The Kier molecular flexibility index (Phi) is 5.03. The molecule has 3 aromatic rings. The predicted molar refractivity (Wildman–Crippen MR) is 101 cm³/mol. The van der Waals surface area contributed by atoms with Crippen LogP contribution in [0.1, 0.15) is 11.4 Å². The lowest BCUT2D eigenvalue weighted by molar-refractivity contribution is 1.06. The van der Waals surface area contributed by atoms with E-state index in [1.807, 2.05) is 12.1 Å². The summed E-state index contributed by atoms with van der Waals surface area (Å²) in [5.74, 6) is 1.84. The van der Waals surface area contributed by atoms with Gasteiger partial charge in [-0.2, -0.15) is 5.26 Å². The van der Waals surface area contributed by atoms with Gasteiger partial charge in [0.25, 0.3) is 0 Å². The Morgan fingerprint density at radius 1 is 0.920 bits per heavy atom. The van der Waals surface area contributed by atoms with Crippen LogP contribution in [0.25, 0.3) is 0 Å². The van der Waals surface area contributed by atoms with Gasteiger partial charge in [0.05, 0.1) is 22.3 Å². The first kappa shape index (κ1) is 17.0. The van der Waals surface area contributed by atoms with E-state index in [1.165, 1.54) is 0 Å². The van der Waals surface area contributed by atoms with Crippen LogP contribution in [0, 0.1) is 18.3 Å². The molecule has 0 spiro atoms. The fourth-order valence-corrected chi connectivity index (χ4v) is 2.66. The maximum atomic E-state index is 8.85. The molecule has 0 unspecified atom stereocenters. The highest BCUT2D eigenvalue weighted by molar-refractivity contribution is 6.36. The van der Waals surface area contributed by atoms with E-state index in [1.54, 1.807) is 43.3 Å². The smallest absolute Gasteiger partial charge is 0.136 e. The summed E-state index contributed by atoms with van der Waals surface area (Å²) in [6.45, 7) is 1.80. The molecule has 1 aromatic heterocycles. The van der Waals surface area contributed by atoms with E-state index in [4.69, 9.17) is 28.5 Å². The van der Waals surface area contributed by atoms with Gasteiger partial charge in [-0.3, -0.25) is 0 Å². The number of nitrogens with zero attached hydrogens (tertiary/aromatic N) is 3. The molecule has 7 heteroatoms. The first-order valence-corrected chi connectivity index (χ1v) is 8.14. The van der Waals surface area contributed by atoms with Crippen LogP contribution in [0.5, 0.6) is 0 Å². The maximum absolute atomic E-state index is 8.85. The van der Waals surface area contributed by atoms with Crippen LogP contribution >= 0.6 is 23.2 Å². The molecule has 25 heavy (non-hydrogen) atoms. The van der Waals surface area contributed by atoms with Crippen molar-refractivity contribution in [2.45, 2.75) is 6.92 Å². The van der Waals surface area contributed by atoms with Crippen LogP contribution < -0.4 is 10.6 Å². The fraction of sp³-hybridized carbons (Fsp3) is 0.0556. The van der Waals surface area contributed by atoms with E-state index in [0.717, 1.165) is 5.69 Å². The molecule has 0 atom stereocenters. The van der Waals surface area contributed by atoms with E-state index >= 15 is 0 Å². The molecule has 0 bridgehead atoms. The van der Waals surface area contributed by atoms with Crippen LogP contribution in [-0.2, 0) is 0 Å². The topological polar surface area (TPSA) is 73.6 Å². The molecule has 2 N–H and O–H groups in total. The predicted octanol–water partition coefficient (Wildman–Crippen LogP) is 5.45. The number of aromatic nitrogens is 2. The molecular formula is C18H13Cl2N5. The molecule has 0 aliphatic rings. The Morgan fingerprint density at radius 3 is 2.24 bits per heavy atom. The minimum atomic E-state index is 0.505. The first-order valence-electron chi connectivity index (χ1n) is 7.38. The molecule has 0 amide bonds. The molecular weight excluding hydrogens is 357 g/mol. The molecule has 0 radical (unpaired) electrons. The largest absolute Gasteiger partial charge is 0.340 e. The summed E-state index contributed by atoms with van der Waals surface area (Å²) in [4.78, 5) is 8.73. The Morgan fingerprint density at radius 2 is 1.60 bits per heavy atom. The van der Waals surface area contributed by atoms with Crippen molar-refractivity contribution >= 4 is 46.2 Å². The second-order valence-electron chi connectivity index (χ2n) is 5.25. The maximum Gasteiger partial charge on any atom is 0.136 e. The van der Waals surface area contributed by atoms with Crippen molar-refractivity contribution in [3.05, 3.63) is 70.0 Å². The summed E-state index contributed by atoms with van der Waals surface area (Å²) >= 11 is 12.1. The van der Waals surface area contributed by atoms with Gasteiger partial charge in [0.1, 0.15) is 17.5 Å². The van der Waals surface area contributed by atoms with Gasteiger partial charge in [-0.15, -0.1) is 0 Å². The number of hydrogen-bond donors (Lipinski definition) is 2. The van der Waals surface area contributed by atoms with Crippen molar-refractivity contribution in [3.63, 3.8) is 0 Å². The Labute approximate surface area is 155 Å². The molecule has 0 aliphatic heterocycles. The lowest BCUT2D eigenvalue weighted by Gasteiger charge is -2.11. The zero-order chi connectivity index (χ0) is 17.8. The molecule has 124 valence electrons. The molecule has 2 aromatic carbocycles. The zero-order valence-electron chi connectivity index (χ0n) is 13.2. The Hall–Kier alpha value is -2.81. The van der Waals surface area contributed by atoms with E-state index in [2.05, 4.69) is 26.7 Å². The second kappa shape index (κ2) is 7.39. The van der Waals surface area contributed by atoms with Crippen molar-refractivity contribution in [3.8, 4) is 6.07 Å². The third-order valence-electron chi connectivity index (χ3n) is 3.32. The average Bonchev–Trinajstić information content (AvgIpc) is 2.58. The Bertz CT molecular complexity index is 949. The number of nitrogens with one attached hydrogen (secondary N) is 2. The van der Waals surface area contributed by atoms with E-state index < -0.39 is 0 Å². The first-order chi connectivity index (χ1) is 12.0. The number of anilines is 4. The van der Waals surface area contributed by atoms with Gasteiger partial charge in [0.2, 0.25) is 0 Å². The van der Waals surface area contributed by atoms with Crippen LogP contribution in [-0.4, -0.2) is 9.97 Å². The molecule has 3 rings (SSSR count). The minimum Gasteiger partial charge on any atom is -0.340 e. The van der Waals surface area contributed by atoms with Crippen LogP contribution in [0.2, 0.25) is 10.0 Å². The normalized spacial score (nSPS) is 10.2. The van der Waals surface area contributed by atoms with Crippen molar-refractivity contribution in [1.29, 1.82) is 5.26 Å². The monoisotopic (exact) mass is 369 g/mol. The highest BCUT2D eigenvalue weighted by atomic mass is 35.5. The number of nitriles is 1. The summed E-state index contributed by atoms with van der Waals surface area (Å²) < 4.78 is 0. The van der Waals surface area contributed by atoms with Gasteiger partial charge in [-0.25, -0.2) is 9.97 Å². The summed E-state index contributed by atoms with van der Waals surface area (Å²) in [6.07, 6.45) is 0. The van der Waals surface area contributed by atoms with Gasteiger partial charge in [0, 0.05) is 16.8 Å². The van der Waals surface area contributed by atoms with Gasteiger partial charge in [-0.1, -0.05) is 23.2 Å². The van der Waals surface area contributed by atoms with Crippen LogP contribution in [0.4, 0.5) is 23.0 Å². The van der Waals surface area contributed by atoms with Crippen molar-refractivity contribution < 1.29 is 0 Å². The number of halogens is 2. The number of rotatable bonds is 4. The highest BCUT2D eigenvalue weighted by Crippen LogP contribution is 2.28. The molecule has 1 heterocycles. The van der Waals surface area contributed by atoms with Crippen LogP contribution in [0.15, 0.2) is 48.5 Å². The fourth-order valence-electron chi connectivity index (χ4n) is 2.20. The third-order valence-corrected chi connectivity index (χ3v) is 3.87. The number of benzene rings is 2. The summed E-state index contributed by atoms with van der Waals surface area (Å²) in [7, 11) is 0. The average molecular weight is 370 g/mol. The van der Waals surface area contributed by atoms with Gasteiger partial charge >= 0.3 is 0 Å². The van der Waals surface area contributed by atoms with Gasteiger partial charge in [0.15, 0.2) is 0 Å². The standard InChI is InChI=1S/C18H13Cl2N5/c1-11-22-17(24-14-5-2-12(10-21)3-6-14)9-18(23-11)25-16-7-4-13(19)8-15(16)20/h2-9H,1H3,(H2,22,23,24,25). The molecule has 0 saturated carbocycles. The number of hydrogen-bond acceptors (Lipinski definition) is 5. The van der Waals surface area contributed by atoms with E-state index in [9.17, 15) is 0 Å². The second-order valence-corrected chi connectivity index (χ2v) is 6.09. The quantitative estimate of drug-likeness (QED) is 0.639. The van der Waals surface area contributed by atoms with Crippen molar-refractivity contribution in [2.75, 3.05) is 10.6 Å². The summed E-state index contributed by atoms with van der Waals surface area (Å²) in [5, 5.41) is 16.3. The van der Waals surface area contributed by atoms with Crippen molar-refractivity contribution in [1.82, 2.24) is 9.97 Å². The molecule has 0 aliphatic carbocycles. The highest BCUT2D eigenvalue weighted by Gasteiger charge is 2.06. The van der Waals surface area contributed by atoms with E-state index in [0.29, 0.717) is 38.8 Å². The minimum absolute atomic E-state index is 0.505. The van der Waals surface area contributed by atoms with Crippen molar-refractivity contribution in [2.24, 2.45) is 0 Å². The zero-order valence-corrected chi connectivity index (χ0v) is 14.7. The van der Waals surface area contributed by atoms with E-state index in [-0.39, 0.29) is 0 Å². The SMILES string of the molecule is Cc1nc(Nc2ccc(C#N)cc2)cc(Nc2ccc(Cl)cc2Cl)n1. The van der Waals surface area contributed by atoms with Crippen LogP contribution in [0.3, 0.4) is 0 Å². The number of aryl methyl sites for hydroxylation is 1. The lowest BCUT2D eigenvalue weighted by atomic mass is 10.2. The van der Waals surface area contributed by atoms with Gasteiger partial charge < -0.3 is 10.6 Å². The molecule has 0 saturated heterocycles. The Balaban J connectivity index is 1.83. The van der Waals surface area contributed by atoms with Gasteiger partial charge in [-0.05, 0) is 49.4 Å². The lowest BCUT2D eigenvalue weighted by Crippen LogP contribution is -2.01. The summed E-state index contributed by atoms with van der Waals surface area (Å²) in [6, 6.07) is 16.2.